The minimum Gasteiger partial charge on any atom is -0.344 e. The van der Waals surface area contributed by atoms with Crippen molar-refractivity contribution in [1.29, 1.82) is 0 Å². The minimum atomic E-state index is -4.83. The van der Waals surface area contributed by atoms with Crippen LogP contribution in [0.5, 0.6) is 0 Å². The zero-order chi connectivity index (χ0) is 21.4. The fraction of sp³-hybridized carbons (Fsp3) is 0.286. The van der Waals surface area contributed by atoms with Crippen LogP contribution in [-0.4, -0.2) is 29.8 Å². The van der Waals surface area contributed by atoms with Crippen molar-refractivity contribution in [1.82, 2.24) is 5.32 Å². The lowest BCUT2D eigenvalue weighted by Gasteiger charge is -2.18. The van der Waals surface area contributed by atoms with E-state index < -0.39 is 30.3 Å². The molecule has 0 unspecified atom stereocenters. The lowest BCUT2D eigenvalue weighted by Crippen LogP contribution is -2.44. The van der Waals surface area contributed by atoms with Crippen molar-refractivity contribution in [2.24, 2.45) is 0 Å². The van der Waals surface area contributed by atoms with Crippen LogP contribution in [-0.2, 0) is 27.2 Å². The minimum absolute atomic E-state index is 0.0465. The van der Waals surface area contributed by atoms with Crippen molar-refractivity contribution in [3.8, 4) is 0 Å². The van der Waals surface area contributed by atoms with Gasteiger partial charge >= 0.3 is 6.18 Å². The average Bonchev–Trinajstić information content (AvgIpc) is 2.66. The maximum absolute atomic E-state index is 12.6. The number of aryl methyl sites for hydroxylation is 1. The normalized spacial score (nSPS) is 12.1. The van der Waals surface area contributed by atoms with E-state index in [1.165, 1.54) is 6.92 Å². The molecule has 154 valence electrons. The Morgan fingerprint density at radius 3 is 2.10 bits per heavy atom. The van der Waals surface area contributed by atoms with Crippen LogP contribution >= 0.6 is 0 Å². The van der Waals surface area contributed by atoms with E-state index >= 15 is 0 Å². The molecule has 0 saturated heterocycles. The van der Waals surface area contributed by atoms with Crippen LogP contribution in [0.25, 0.3) is 0 Å². The Balaban J connectivity index is 1.98. The number of halogens is 3. The molecule has 0 aliphatic heterocycles. The molecule has 2 N–H and O–H groups in total. The largest absolute Gasteiger partial charge is 0.449 e. The second-order valence-electron chi connectivity index (χ2n) is 6.55. The third-order valence-corrected chi connectivity index (χ3v) is 4.16. The number of rotatable bonds is 8. The van der Waals surface area contributed by atoms with E-state index in [2.05, 4.69) is 10.6 Å². The van der Waals surface area contributed by atoms with Gasteiger partial charge in [-0.3, -0.25) is 14.4 Å². The van der Waals surface area contributed by atoms with Crippen molar-refractivity contribution >= 4 is 23.3 Å². The van der Waals surface area contributed by atoms with Crippen molar-refractivity contribution < 1.29 is 27.6 Å². The molecule has 5 nitrogen and oxygen atoms in total. The molecule has 8 heteroatoms. The number of nitrogens with one attached hydrogen (secondary N) is 2. The number of hydrogen-bond acceptors (Lipinski definition) is 3. The van der Waals surface area contributed by atoms with Gasteiger partial charge in [0.1, 0.15) is 6.04 Å². The number of ketones is 1. The van der Waals surface area contributed by atoms with Crippen LogP contribution in [0, 0.1) is 0 Å². The number of carbonyl (C=O) groups is 3. The Morgan fingerprint density at radius 1 is 0.931 bits per heavy atom. The molecule has 2 aromatic rings. The highest BCUT2D eigenvalue weighted by Gasteiger charge is 2.37. The molecular formula is C21H21F3N2O3. The lowest BCUT2D eigenvalue weighted by atomic mass is 10.0. The average molecular weight is 406 g/mol. The molecule has 0 radical (unpaired) electrons. The second kappa shape index (κ2) is 9.86. The topological polar surface area (TPSA) is 75.3 Å². The highest BCUT2D eigenvalue weighted by atomic mass is 19.4. The summed E-state index contributed by atoms with van der Waals surface area (Å²) in [6, 6.07) is 14.6. The summed E-state index contributed by atoms with van der Waals surface area (Å²) < 4.78 is 36.8. The van der Waals surface area contributed by atoms with Crippen molar-refractivity contribution in [2.75, 3.05) is 5.32 Å². The van der Waals surface area contributed by atoms with E-state index in [0.717, 1.165) is 5.56 Å². The lowest BCUT2D eigenvalue weighted by molar-refractivity contribution is -0.171. The van der Waals surface area contributed by atoms with Gasteiger partial charge in [0.05, 0.1) is 0 Å². The van der Waals surface area contributed by atoms with Gasteiger partial charge in [0, 0.05) is 25.5 Å². The predicted molar refractivity (Wildman–Crippen MR) is 102 cm³/mol. The van der Waals surface area contributed by atoms with Gasteiger partial charge in [0.25, 0.3) is 0 Å². The van der Waals surface area contributed by atoms with Crippen LogP contribution in [0.4, 0.5) is 18.9 Å². The first-order valence-electron chi connectivity index (χ1n) is 8.96. The highest BCUT2D eigenvalue weighted by molar-refractivity contribution is 5.97. The van der Waals surface area contributed by atoms with E-state index in [-0.39, 0.29) is 12.3 Å². The molecule has 0 aliphatic rings. The van der Waals surface area contributed by atoms with Gasteiger partial charge < -0.3 is 10.6 Å². The molecule has 0 aliphatic carbocycles. The molecule has 0 spiro atoms. The SMILES string of the molecule is CC(=O)N[C@@H](Cc1ccccc1)C(=O)Nc1ccc(CCC(=O)C(F)(F)F)cc1. The summed E-state index contributed by atoms with van der Waals surface area (Å²) in [5, 5.41) is 5.30. The maximum atomic E-state index is 12.6. The smallest absolute Gasteiger partial charge is 0.344 e. The van der Waals surface area contributed by atoms with Crippen LogP contribution in [0.15, 0.2) is 54.6 Å². The van der Waals surface area contributed by atoms with E-state index in [0.29, 0.717) is 17.7 Å². The standard InChI is InChI=1S/C21H21F3N2O3/c1-14(27)25-18(13-16-5-3-2-4-6-16)20(29)26-17-10-7-15(8-11-17)9-12-19(28)21(22,23)24/h2-8,10-11,18H,9,12-13H2,1H3,(H,25,27)(H,26,29)/t18-/m0/s1. The molecule has 29 heavy (non-hydrogen) atoms. The third-order valence-electron chi connectivity index (χ3n) is 4.16. The fourth-order valence-electron chi connectivity index (χ4n) is 2.69. The van der Waals surface area contributed by atoms with Gasteiger partial charge in [0.2, 0.25) is 17.6 Å². The number of anilines is 1. The van der Waals surface area contributed by atoms with Gasteiger partial charge in [-0.2, -0.15) is 13.2 Å². The molecule has 1 atom stereocenters. The van der Waals surface area contributed by atoms with Crippen LogP contribution < -0.4 is 10.6 Å². The Bertz CT molecular complexity index is 850. The van der Waals surface area contributed by atoms with Crippen molar-refractivity contribution in [3.05, 3.63) is 65.7 Å². The molecule has 0 aromatic heterocycles. The number of carbonyl (C=O) groups excluding carboxylic acids is 3. The van der Waals surface area contributed by atoms with E-state index in [1.54, 1.807) is 24.3 Å². The van der Waals surface area contributed by atoms with E-state index in [4.69, 9.17) is 0 Å². The molecule has 2 rings (SSSR count). The number of alkyl halides is 3. The van der Waals surface area contributed by atoms with Gasteiger partial charge in [-0.25, -0.2) is 0 Å². The molecule has 0 fully saturated rings. The van der Waals surface area contributed by atoms with Crippen LogP contribution in [0.3, 0.4) is 0 Å². The Kier molecular flexibility index (Phi) is 7.52. The Hall–Kier alpha value is -3.16. The summed E-state index contributed by atoms with van der Waals surface area (Å²) in [5.74, 6) is -2.52. The second-order valence-corrected chi connectivity index (χ2v) is 6.55. The summed E-state index contributed by atoms with van der Waals surface area (Å²) in [5.41, 5.74) is 1.86. The van der Waals surface area contributed by atoms with Gasteiger partial charge in [0.15, 0.2) is 0 Å². The number of hydrogen-bond donors (Lipinski definition) is 2. The zero-order valence-electron chi connectivity index (χ0n) is 15.8. The monoisotopic (exact) mass is 406 g/mol. The number of amides is 2. The maximum Gasteiger partial charge on any atom is 0.449 e. The first-order chi connectivity index (χ1) is 13.6. The fourth-order valence-corrected chi connectivity index (χ4v) is 2.69. The van der Waals surface area contributed by atoms with Crippen molar-refractivity contribution in [3.63, 3.8) is 0 Å². The number of Topliss-reactive ketones (excluding diaryl/α,β-unsaturated/α-hetero) is 1. The summed E-state index contributed by atoms with van der Waals surface area (Å²) >= 11 is 0. The van der Waals surface area contributed by atoms with Crippen LogP contribution in [0.2, 0.25) is 0 Å². The highest BCUT2D eigenvalue weighted by Crippen LogP contribution is 2.20. The molecule has 2 amide bonds. The summed E-state index contributed by atoms with van der Waals surface area (Å²) in [7, 11) is 0. The Labute approximate surface area is 166 Å². The van der Waals surface area contributed by atoms with Gasteiger partial charge in [-0.15, -0.1) is 0 Å². The molecule has 0 saturated carbocycles. The summed E-state index contributed by atoms with van der Waals surface area (Å²) in [4.78, 5) is 35.0. The van der Waals surface area contributed by atoms with Gasteiger partial charge in [-0.05, 0) is 29.7 Å². The summed E-state index contributed by atoms with van der Waals surface area (Å²) in [6.07, 6.45) is -5.19. The Morgan fingerprint density at radius 2 is 1.55 bits per heavy atom. The van der Waals surface area contributed by atoms with E-state index in [1.807, 2.05) is 30.3 Å². The molecule has 0 bridgehead atoms. The molecule has 2 aromatic carbocycles. The zero-order valence-corrected chi connectivity index (χ0v) is 15.8. The van der Waals surface area contributed by atoms with Gasteiger partial charge in [-0.1, -0.05) is 42.5 Å². The van der Waals surface area contributed by atoms with Crippen molar-refractivity contribution in [2.45, 2.75) is 38.4 Å². The molecule has 0 heterocycles. The third kappa shape index (κ3) is 7.40. The molecular weight excluding hydrogens is 385 g/mol. The predicted octanol–water partition coefficient (Wildman–Crippen LogP) is 3.44. The van der Waals surface area contributed by atoms with Crippen LogP contribution in [0.1, 0.15) is 24.5 Å². The first-order valence-corrected chi connectivity index (χ1v) is 8.96. The number of benzene rings is 2. The first kappa shape index (κ1) is 22.1. The van der Waals surface area contributed by atoms with E-state index in [9.17, 15) is 27.6 Å². The summed E-state index contributed by atoms with van der Waals surface area (Å²) in [6.45, 7) is 1.32. The quantitative estimate of drug-likeness (QED) is 0.705.